The number of fused-ring (bicyclic) bond motifs is 2. The normalized spacial score (nSPS) is 20.3. The molecule has 5 rings (SSSR count). The maximum absolute atomic E-state index is 14.4. The number of carbonyl (C=O) groups excluding carboxylic acids is 3. The Hall–Kier alpha value is -4.81. The molecule has 0 unspecified atom stereocenters. The lowest BCUT2D eigenvalue weighted by molar-refractivity contribution is -0.0149. The summed E-state index contributed by atoms with van der Waals surface area (Å²) in [5, 5.41) is 15.8. The molecule has 4 amide bonds. The number of nitrogens with one attached hydrogen (secondary N) is 2. The Balaban J connectivity index is 1.38. The molecule has 2 aliphatic rings. The predicted octanol–water partition coefficient (Wildman–Crippen LogP) is 5.63. The molecule has 4 atom stereocenters. The molecule has 12 heteroatoms. The molecule has 0 aliphatic carbocycles. The van der Waals surface area contributed by atoms with Gasteiger partial charge in [-0.2, -0.15) is 0 Å². The molecule has 3 N–H and O–H groups in total. The molecule has 0 spiro atoms. The van der Waals surface area contributed by atoms with E-state index in [0.717, 1.165) is 19.3 Å². The van der Waals surface area contributed by atoms with E-state index >= 15 is 0 Å². The number of nitrogens with zero attached hydrogens (tertiary/aromatic N) is 2. The number of hydrogen-bond donors (Lipinski definition) is 3. The molecule has 2 heterocycles. The van der Waals surface area contributed by atoms with Gasteiger partial charge in [0.25, 0.3) is 11.8 Å². The number of benzene rings is 3. The molecule has 12 nitrogen and oxygen atoms in total. The molecule has 262 valence electrons. The van der Waals surface area contributed by atoms with Crippen molar-refractivity contribution in [3.8, 4) is 17.2 Å². The zero-order valence-corrected chi connectivity index (χ0v) is 28.5. The Morgan fingerprint density at radius 1 is 0.959 bits per heavy atom. The zero-order valence-electron chi connectivity index (χ0n) is 28.5. The average Bonchev–Trinajstić information content (AvgIpc) is 3.57. The molecular formula is C37H46N4O8. The number of aliphatic hydroxyl groups is 1. The van der Waals surface area contributed by atoms with Crippen LogP contribution >= 0.6 is 0 Å². The van der Waals surface area contributed by atoms with Crippen LogP contribution < -0.4 is 24.8 Å². The highest BCUT2D eigenvalue weighted by Gasteiger charge is 2.31. The second kappa shape index (κ2) is 16.5. The van der Waals surface area contributed by atoms with Gasteiger partial charge in [-0.05, 0) is 75.6 Å². The summed E-state index contributed by atoms with van der Waals surface area (Å²) in [7, 11) is 1.75. The Morgan fingerprint density at radius 3 is 2.39 bits per heavy atom. The Labute approximate surface area is 287 Å². The van der Waals surface area contributed by atoms with E-state index in [2.05, 4.69) is 10.6 Å². The van der Waals surface area contributed by atoms with Crippen molar-refractivity contribution >= 4 is 29.2 Å². The number of urea groups is 1. The largest absolute Gasteiger partial charge is 0.490 e. The quantitative estimate of drug-likeness (QED) is 0.293. The number of amides is 4. The van der Waals surface area contributed by atoms with Crippen LogP contribution in [0.1, 0.15) is 60.7 Å². The summed E-state index contributed by atoms with van der Waals surface area (Å²) in [6.07, 6.45) is 1.81. The molecule has 3 aromatic carbocycles. The van der Waals surface area contributed by atoms with Crippen LogP contribution in [0, 0.1) is 5.92 Å². The fraction of sp³-hybridized carbons (Fsp3) is 0.432. The lowest BCUT2D eigenvalue weighted by atomic mass is 10.0. The van der Waals surface area contributed by atoms with Gasteiger partial charge in [0.05, 0.1) is 30.4 Å². The molecule has 0 saturated heterocycles. The first-order valence-electron chi connectivity index (χ1n) is 16.7. The summed E-state index contributed by atoms with van der Waals surface area (Å²) in [5.74, 6) is 0.848. The number of likely N-dealkylation sites (N-methyl/N-ethyl adjacent to an activating group) is 1. The van der Waals surface area contributed by atoms with Gasteiger partial charge >= 0.3 is 6.03 Å². The maximum atomic E-state index is 14.4. The number of rotatable bonds is 7. The third-order valence-corrected chi connectivity index (χ3v) is 8.76. The maximum Gasteiger partial charge on any atom is 0.323 e. The highest BCUT2D eigenvalue weighted by molar-refractivity contribution is 6.02. The molecule has 0 bridgehead atoms. The first-order chi connectivity index (χ1) is 23.6. The van der Waals surface area contributed by atoms with Crippen molar-refractivity contribution in [2.45, 2.75) is 58.3 Å². The van der Waals surface area contributed by atoms with Gasteiger partial charge in [0.2, 0.25) is 6.79 Å². The average molecular weight is 675 g/mol. The van der Waals surface area contributed by atoms with Gasteiger partial charge in [0.1, 0.15) is 5.75 Å². The van der Waals surface area contributed by atoms with E-state index in [0.29, 0.717) is 47.3 Å². The monoisotopic (exact) mass is 674 g/mol. The van der Waals surface area contributed by atoms with Gasteiger partial charge in [-0.25, -0.2) is 4.79 Å². The molecule has 0 radical (unpaired) electrons. The van der Waals surface area contributed by atoms with Crippen LogP contribution in [-0.2, 0) is 4.74 Å². The van der Waals surface area contributed by atoms with Crippen molar-refractivity contribution < 1.29 is 38.4 Å². The number of anilines is 2. The van der Waals surface area contributed by atoms with Gasteiger partial charge in [-0.15, -0.1) is 0 Å². The molecule has 0 fully saturated rings. The highest BCUT2D eigenvalue weighted by Crippen LogP contribution is 2.34. The Morgan fingerprint density at radius 2 is 1.65 bits per heavy atom. The minimum Gasteiger partial charge on any atom is -0.490 e. The third-order valence-electron chi connectivity index (χ3n) is 8.76. The SMILES string of the molecule is C[C@@H]1CN([C@@H](C)CO)C(=O)c2cc(NC(=O)Nc3ccc4c(c3)OCO4)ccc2O[C@@H](C)CCCCO[C@H]1CN(C)C(=O)c1ccccc1. The van der Waals surface area contributed by atoms with Crippen LogP contribution in [0.5, 0.6) is 17.2 Å². The van der Waals surface area contributed by atoms with E-state index in [1.807, 2.05) is 32.0 Å². The molecule has 0 saturated carbocycles. The molecule has 2 aliphatic heterocycles. The summed E-state index contributed by atoms with van der Waals surface area (Å²) in [6.45, 7) is 6.64. The summed E-state index contributed by atoms with van der Waals surface area (Å²) in [4.78, 5) is 43.8. The first kappa shape index (κ1) is 35.5. The predicted molar refractivity (Wildman–Crippen MR) is 185 cm³/mol. The smallest absolute Gasteiger partial charge is 0.323 e. The van der Waals surface area contributed by atoms with Crippen LogP contribution in [-0.4, -0.2) is 91.1 Å². The van der Waals surface area contributed by atoms with Crippen LogP contribution in [0.25, 0.3) is 0 Å². The molecule has 49 heavy (non-hydrogen) atoms. The van der Waals surface area contributed by atoms with E-state index in [9.17, 15) is 19.5 Å². The second-order valence-corrected chi connectivity index (χ2v) is 12.7. The van der Waals surface area contributed by atoms with Gasteiger partial charge in [-0.1, -0.05) is 25.1 Å². The van der Waals surface area contributed by atoms with Gasteiger partial charge < -0.3 is 44.5 Å². The van der Waals surface area contributed by atoms with Crippen LogP contribution in [0.4, 0.5) is 16.2 Å². The fourth-order valence-electron chi connectivity index (χ4n) is 5.88. The van der Waals surface area contributed by atoms with Crippen LogP contribution in [0.3, 0.4) is 0 Å². The fourth-order valence-corrected chi connectivity index (χ4v) is 5.88. The van der Waals surface area contributed by atoms with Gasteiger partial charge in [-0.3, -0.25) is 9.59 Å². The first-order valence-corrected chi connectivity index (χ1v) is 16.7. The van der Waals surface area contributed by atoms with Crippen molar-refractivity contribution in [1.29, 1.82) is 0 Å². The van der Waals surface area contributed by atoms with E-state index in [1.54, 1.807) is 72.3 Å². The number of ether oxygens (including phenoxy) is 4. The van der Waals surface area contributed by atoms with E-state index < -0.39 is 12.1 Å². The lowest BCUT2D eigenvalue weighted by Crippen LogP contribution is -2.48. The summed E-state index contributed by atoms with van der Waals surface area (Å²) in [6, 6.07) is 18.1. The third kappa shape index (κ3) is 9.21. The minimum atomic E-state index is -0.539. The van der Waals surface area contributed by atoms with E-state index in [1.165, 1.54) is 0 Å². The minimum absolute atomic E-state index is 0.116. The summed E-state index contributed by atoms with van der Waals surface area (Å²) in [5.41, 5.74) is 1.74. The van der Waals surface area contributed by atoms with E-state index in [-0.39, 0.29) is 55.4 Å². The van der Waals surface area contributed by atoms with Gasteiger partial charge in [0.15, 0.2) is 11.5 Å². The lowest BCUT2D eigenvalue weighted by Gasteiger charge is -2.36. The summed E-state index contributed by atoms with van der Waals surface area (Å²) >= 11 is 0. The second-order valence-electron chi connectivity index (χ2n) is 12.7. The Bertz CT molecular complexity index is 1600. The van der Waals surface area contributed by atoms with Crippen molar-refractivity contribution in [1.82, 2.24) is 9.80 Å². The molecule has 0 aromatic heterocycles. The van der Waals surface area contributed by atoms with Crippen LogP contribution in [0.2, 0.25) is 0 Å². The molecule has 3 aromatic rings. The number of aliphatic hydroxyl groups excluding tert-OH is 1. The number of carbonyl (C=O) groups is 3. The van der Waals surface area contributed by atoms with Crippen molar-refractivity contribution in [3.05, 3.63) is 77.9 Å². The topological polar surface area (TPSA) is 139 Å². The molecular weight excluding hydrogens is 628 g/mol. The standard InChI is InChI=1S/C37H46N4O8/c1-24-20-41(25(2)22-42)36(44)30-18-28(38-37(45)39-29-14-16-32-33(19-29)48-23-47-32)13-15-31(30)49-26(3)10-8-9-17-46-34(24)21-40(4)35(43)27-11-6-5-7-12-27/h5-7,11-16,18-19,24-26,34,42H,8-10,17,20-23H2,1-4H3,(H2,38,39,45)/t24-,25+,26+,34+/m1/s1. The highest BCUT2D eigenvalue weighted by atomic mass is 16.7. The van der Waals surface area contributed by atoms with Crippen molar-refractivity contribution in [2.24, 2.45) is 5.92 Å². The summed E-state index contributed by atoms with van der Waals surface area (Å²) < 4.78 is 23.4. The van der Waals surface area contributed by atoms with Crippen LogP contribution in [0.15, 0.2) is 66.7 Å². The van der Waals surface area contributed by atoms with Crippen molar-refractivity contribution in [2.75, 3.05) is 50.8 Å². The van der Waals surface area contributed by atoms with E-state index in [4.69, 9.17) is 18.9 Å². The Kier molecular flexibility index (Phi) is 12.0. The number of hydrogen-bond acceptors (Lipinski definition) is 8. The van der Waals surface area contributed by atoms with Gasteiger partial charge in [0, 0.05) is 55.7 Å². The van der Waals surface area contributed by atoms with Crippen molar-refractivity contribution in [3.63, 3.8) is 0 Å². The zero-order chi connectivity index (χ0) is 34.9.